The zero-order chi connectivity index (χ0) is 26.7. The van der Waals surface area contributed by atoms with Gasteiger partial charge < -0.3 is 9.47 Å². The quantitative estimate of drug-likeness (QED) is 0.162. The molecule has 1 aliphatic rings. The molecule has 0 atom stereocenters. The lowest BCUT2D eigenvalue weighted by atomic mass is 10.1. The Kier molecular flexibility index (Phi) is 8.79. The number of anilines is 1. The van der Waals surface area contributed by atoms with Gasteiger partial charge in [-0.05, 0) is 77.6 Å². The van der Waals surface area contributed by atoms with E-state index in [4.69, 9.17) is 32.7 Å². The van der Waals surface area contributed by atoms with Gasteiger partial charge in [0, 0.05) is 10.0 Å². The summed E-state index contributed by atoms with van der Waals surface area (Å²) in [5.74, 6) is -0.621. The number of hydrogen-bond acceptors (Lipinski definition) is 5. The molecular weight excluding hydrogens is 698 g/mol. The van der Waals surface area contributed by atoms with Crippen LogP contribution in [0.3, 0.4) is 0 Å². The fourth-order valence-electron chi connectivity index (χ4n) is 3.52. The minimum absolute atomic E-state index is 0.163. The predicted octanol–water partition coefficient (Wildman–Crippen LogP) is 7.00. The van der Waals surface area contributed by atoms with Gasteiger partial charge in [0.1, 0.15) is 12.2 Å². The summed E-state index contributed by atoms with van der Waals surface area (Å²) in [6.07, 6.45) is 1.40. The third-order valence-electron chi connectivity index (χ3n) is 5.24. The Morgan fingerprint density at radius 1 is 1.03 bits per heavy atom. The van der Waals surface area contributed by atoms with Crippen LogP contribution in [-0.4, -0.2) is 24.5 Å². The van der Waals surface area contributed by atoms with E-state index >= 15 is 0 Å². The van der Waals surface area contributed by atoms with Gasteiger partial charge >= 0.3 is 6.03 Å². The highest BCUT2D eigenvalue weighted by Gasteiger charge is 2.37. The average Bonchev–Trinajstić information content (AvgIpc) is 2.84. The summed E-state index contributed by atoms with van der Waals surface area (Å²) >= 11 is 17.6. The molecule has 3 aromatic carbocycles. The van der Waals surface area contributed by atoms with Gasteiger partial charge in [0.25, 0.3) is 11.8 Å². The fraction of sp³-hybridized carbons (Fsp3) is 0.115. The van der Waals surface area contributed by atoms with E-state index in [9.17, 15) is 14.4 Å². The van der Waals surface area contributed by atoms with E-state index < -0.39 is 17.8 Å². The fourth-order valence-corrected chi connectivity index (χ4v) is 5.00. The Labute approximate surface area is 245 Å². The first kappa shape index (κ1) is 27.4. The van der Waals surface area contributed by atoms with Crippen LogP contribution in [0.2, 0.25) is 10.0 Å². The van der Waals surface area contributed by atoms with Crippen molar-refractivity contribution >= 4 is 91.3 Å². The van der Waals surface area contributed by atoms with Crippen LogP contribution in [0.15, 0.2) is 64.6 Å². The van der Waals surface area contributed by atoms with Gasteiger partial charge in [-0.1, -0.05) is 57.3 Å². The van der Waals surface area contributed by atoms with E-state index in [1.54, 1.807) is 12.1 Å². The van der Waals surface area contributed by atoms with Crippen LogP contribution in [0.25, 0.3) is 6.08 Å². The molecule has 4 amide bonds. The number of nitrogens with zero attached hydrogens (tertiary/aromatic N) is 1. The normalized spacial score (nSPS) is 14.7. The van der Waals surface area contributed by atoms with Crippen LogP contribution >= 0.6 is 61.7 Å². The van der Waals surface area contributed by atoms with E-state index in [0.29, 0.717) is 33.8 Å². The maximum absolute atomic E-state index is 13.2. The van der Waals surface area contributed by atoms with Crippen LogP contribution < -0.4 is 19.7 Å². The highest BCUT2D eigenvalue weighted by atomic mass is 127. The third kappa shape index (κ3) is 6.11. The summed E-state index contributed by atoms with van der Waals surface area (Å²) in [6, 6.07) is 14.6. The number of nitrogens with one attached hydrogen (secondary N) is 1. The second kappa shape index (κ2) is 11.8. The van der Waals surface area contributed by atoms with Crippen molar-refractivity contribution in [3.05, 3.63) is 89.4 Å². The number of barbiturate groups is 1. The second-order valence-corrected chi connectivity index (χ2v) is 10.5. The minimum Gasteiger partial charge on any atom is -0.490 e. The Morgan fingerprint density at radius 3 is 2.49 bits per heavy atom. The van der Waals surface area contributed by atoms with E-state index in [-0.39, 0.29) is 21.3 Å². The zero-order valence-corrected chi connectivity index (χ0v) is 24.4. The molecule has 190 valence electrons. The standard InChI is InChI=1S/C26H18BrCl2IN2O5/c1-2-36-22-11-14(10-21(30)23(22)37-13-15-5-3-4-6-18(15)27)9-17-24(33)31-26(35)32(25(17)34)16-7-8-19(28)20(29)12-16/h3-12H,2,13H2,1H3,(H,31,33,35)/b17-9+. The molecule has 0 aromatic heterocycles. The van der Waals surface area contributed by atoms with Crippen molar-refractivity contribution in [1.29, 1.82) is 0 Å². The average molecular weight is 716 g/mol. The zero-order valence-electron chi connectivity index (χ0n) is 19.2. The lowest BCUT2D eigenvalue weighted by molar-refractivity contribution is -0.122. The number of halogens is 4. The monoisotopic (exact) mass is 714 g/mol. The van der Waals surface area contributed by atoms with E-state index in [0.717, 1.165) is 14.9 Å². The Balaban J connectivity index is 1.67. The van der Waals surface area contributed by atoms with E-state index in [1.165, 1.54) is 24.3 Å². The molecule has 1 fully saturated rings. The number of carbonyl (C=O) groups is 3. The number of carbonyl (C=O) groups excluding carboxylic acids is 3. The number of hydrogen-bond donors (Lipinski definition) is 1. The Bertz CT molecular complexity index is 1450. The van der Waals surface area contributed by atoms with Gasteiger partial charge in [-0.25, -0.2) is 9.69 Å². The molecular formula is C26H18BrCl2IN2O5. The van der Waals surface area contributed by atoms with E-state index in [1.807, 2.05) is 31.2 Å². The lowest BCUT2D eigenvalue weighted by Gasteiger charge is -2.26. The van der Waals surface area contributed by atoms with Crippen molar-refractivity contribution in [2.75, 3.05) is 11.5 Å². The molecule has 0 bridgehead atoms. The molecule has 4 rings (SSSR count). The second-order valence-electron chi connectivity index (χ2n) is 7.70. The summed E-state index contributed by atoms with van der Waals surface area (Å²) in [7, 11) is 0. The smallest absolute Gasteiger partial charge is 0.335 e. The molecule has 37 heavy (non-hydrogen) atoms. The molecule has 1 aliphatic heterocycles. The first-order chi connectivity index (χ1) is 17.7. The van der Waals surface area contributed by atoms with Gasteiger partial charge in [0.2, 0.25) is 0 Å². The Morgan fingerprint density at radius 2 is 1.78 bits per heavy atom. The first-order valence-corrected chi connectivity index (χ1v) is 13.5. The van der Waals surface area contributed by atoms with Crippen molar-refractivity contribution < 1.29 is 23.9 Å². The molecule has 1 heterocycles. The number of imide groups is 2. The number of benzene rings is 3. The largest absolute Gasteiger partial charge is 0.490 e. The van der Waals surface area contributed by atoms with Crippen LogP contribution in [0.4, 0.5) is 10.5 Å². The molecule has 0 saturated carbocycles. The van der Waals surface area contributed by atoms with Crippen molar-refractivity contribution in [1.82, 2.24) is 5.32 Å². The highest BCUT2D eigenvalue weighted by Crippen LogP contribution is 2.36. The number of urea groups is 1. The predicted molar refractivity (Wildman–Crippen MR) is 154 cm³/mol. The maximum atomic E-state index is 13.2. The van der Waals surface area contributed by atoms with Gasteiger partial charge in [0.15, 0.2) is 11.5 Å². The van der Waals surface area contributed by atoms with Gasteiger partial charge in [-0.3, -0.25) is 14.9 Å². The lowest BCUT2D eigenvalue weighted by Crippen LogP contribution is -2.54. The molecule has 3 aromatic rings. The molecule has 0 radical (unpaired) electrons. The summed E-state index contributed by atoms with van der Waals surface area (Å²) in [6.45, 7) is 2.52. The molecule has 1 saturated heterocycles. The molecule has 1 N–H and O–H groups in total. The molecule has 0 spiro atoms. The van der Waals surface area contributed by atoms with Crippen LogP contribution in [-0.2, 0) is 16.2 Å². The van der Waals surface area contributed by atoms with Crippen LogP contribution in [0.1, 0.15) is 18.1 Å². The topological polar surface area (TPSA) is 84.9 Å². The van der Waals surface area contributed by atoms with Crippen molar-refractivity contribution in [3.63, 3.8) is 0 Å². The molecule has 0 aliphatic carbocycles. The molecule has 7 nitrogen and oxygen atoms in total. The highest BCUT2D eigenvalue weighted by molar-refractivity contribution is 14.1. The number of rotatable bonds is 7. The summed E-state index contributed by atoms with van der Waals surface area (Å²) in [5.41, 5.74) is 1.42. The van der Waals surface area contributed by atoms with Crippen molar-refractivity contribution in [2.24, 2.45) is 0 Å². The SMILES string of the molecule is CCOc1cc(/C=C2\C(=O)NC(=O)N(c3ccc(Cl)c(Cl)c3)C2=O)cc(I)c1OCc1ccccc1Br. The molecule has 0 unspecified atom stereocenters. The van der Waals surface area contributed by atoms with Crippen molar-refractivity contribution in [2.45, 2.75) is 13.5 Å². The van der Waals surface area contributed by atoms with Gasteiger partial charge in [0.05, 0.1) is 25.9 Å². The number of ether oxygens (including phenoxy) is 2. The number of amides is 4. The van der Waals surface area contributed by atoms with Crippen LogP contribution in [0.5, 0.6) is 11.5 Å². The third-order valence-corrected chi connectivity index (χ3v) is 7.55. The molecule has 11 heteroatoms. The van der Waals surface area contributed by atoms with Gasteiger partial charge in [-0.2, -0.15) is 0 Å². The summed E-state index contributed by atoms with van der Waals surface area (Å²) in [5, 5.41) is 2.62. The van der Waals surface area contributed by atoms with E-state index in [2.05, 4.69) is 43.8 Å². The van der Waals surface area contributed by atoms with Crippen molar-refractivity contribution in [3.8, 4) is 11.5 Å². The van der Waals surface area contributed by atoms with Crippen LogP contribution in [0, 0.1) is 3.57 Å². The summed E-state index contributed by atoms with van der Waals surface area (Å²) in [4.78, 5) is 39.2. The van der Waals surface area contributed by atoms with Gasteiger partial charge in [-0.15, -0.1) is 0 Å². The summed E-state index contributed by atoms with van der Waals surface area (Å²) < 4.78 is 13.5. The maximum Gasteiger partial charge on any atom is 0.335 e. The Hall–Kier alpha value is -2.60. The first-order valence-electron chi connectivity index (χ1n) is 10.9. The minimum atomic E-state index is -0.883.